The van der Waals surface area contributed by atoms with Crippen LogP contribution in [0.4, 0.5) is 0 Å². The predicted octanol–water partition coefficient (Wildman–Crippen LogP) is 3.39. The van der Waals surface area contributed by atoms with E-state index in [0.717, 1.165) is 16.6 Å². The SMILES string of the molecule is CC(=O)c1ccc(-n2ccc3c(cnc4nc5ccccc5n43)c2=O)cc1. The molecule has 3 aromatic heterocycles. The molecule has 2 aromatic carbocycles. The van der Waals surface area contributed by atoms with Crippen molar-refractivity contribution >= 4 is 33.5 Å². The van der Waals surface area contributed by atoms with Crippen molar-refractivity contribution in [3.63, 3.8) is 0 Å². The predicted molar refractivity (Wildman–Crippen MR) is 104 cm³/mol. The van der Waals surface area contributed by atoms with Gasteiger partial charge in [-0.2, -0.15) is 0 Å². The molecular formula is C21H14N4O2. The van der Waals surface area contributed by atoms with Gasteiger partial charge in [0.05, 0.1) is 21.9 Å². The van der Waals surface area contributed by atoms with Crippen molar-refractivity contribution in [2.24, 2.45) is 0 Å². The molecule has 5 aromatic rings. The number of pyridine rings is 1. The van der Waals surface area contributed by atoms with Gasteiger partial charge in [-0.3, -0.25) is 18.6 Å². The zero-order chi connectivity index (χ0) is 18.5. The van der Waals surface area contributed by atoms with Gasteiger partial charge in [-0.05, 0) is 49.4 Å². The third-order valence-electron chi connectivity index (χ3n) is 4.75. The van der Waals surface area contributed by atoms with Crippen LogP contribution in [0.3, 0.4) is 0 Å². The quantitative estimate of drug-likeness (QED) is 0.456. The van der Waals surface area contributed by atoms with Crippen LogP contribution in [0.5, 0.6) is 0 Å². The van der Waals surface area contributed by atoms with E-state index in [1.54, 1.807) is 41.2 Å². The van der Waals surface area contributed by atoms with Gasteiger partial charge in [0.2, 0.25) is 5.78 Å². The van der Waals surface area contributed by atoms with Crippen molar-refractivity contribution in [1.82, 2.24) is 18.9 Å². The first-order valence-electron chi connectivity index (χ1n) is 8.52. The van der Waals surface area contributed by atoms with Crippen molar-refractivity contribution in [2.45, 2.75) is 6.92 Å². The van der Waals surface area contributed by atoms with Crippen LogP contribution in [0.25, 0.3) is 33.4 Å². The first kappa shape index (κ1) is 15.5. The van der Waals surface area contributed by atoms with Crippen LogP contribution in [0.15, 0.2) is 71.8 Å². The number of carbonyl (C=O) groups excluding carboxylic acids is 1. The third-order valence-corrected chi connectivity index (χ3v) is 4.75. The number of carbonyl (C=O) groups is 1. The van der Waals surface area contributed by atoms with E-state index in [1.807, 2.05) is 34.7 Å². The highest BCUT2D eigenvalue weighted by Crippen LogP contribution is 2.20. The molecule has 130 valence electrons. The lowest BCUT2D eigenvalue weighted by atomic mass is 10.1. The van der Waals surface area contributed by atoms with Crippen molar-refractivity contribution in [3.05, 3.63) is 82.9 Å². The van der Waals surface area contributed by atoms with E-state index in [4.69, 9.17) is 0 Å². The highest BCUT2D eigenvalue weighted by atomic mass is 16.1. The molecule has 0 radical (unpaired) electrons. The molecule has 0 aliphatic carbocycles. The highest BCUT2D eigenvalue weighted by molar-refractivity contribution is 5.94. The minimum atomic E-state index is -0.171. The van der Waals surface area contributed by atoms with E-state index in [9.17, 15) is 9.59 Å². The van der Waals surface area contributed by atoms with Crippen LogP contribution in [0, 0.1) is 0 Å². The van der Waals surface area contributed by atoms with Gasteiger partial charge in [-0.15, -0.1) is 0 Å². The van der Waals surface area contributed by atoms with Crippen LogP contribution in [0.1, 0.15) is 17.3 Å². The summed E-state index contributed by atoms with van der Waals surface area (Å²) in [6.07, 6.45) is 3.31. The third kappa shape index (κ3) is 2.27. The Morgan fingerprint density at radius 1 is 0.963 bits per heavy atom. The van der Waals surface area contributed by atoms with Gasteiger partial charge in [-0.1, -0.05) is 12.1 Å². The smallest absolute Gasteiger partial charge is 0.266 e. The van der Waals surface area contributed by atoms with Crippen LogP contribution < -0.4 is 5.56 Å². The first-order chi connectivity index (χ1) is 13.1. The molecular weight excluding hydrogens is 340 g/mol. The molecule has 5 rings (SSSR count). The average molecular weight is 354 g/mol. The Hall–Kier alpha value is -3.80. The number of nitrogens with zero attached hydrogens (tertiary/aromatic N) is 4. The average Bonchev–Trinajstić information content (AvgIpc) is 3.07. The number of Topliss-reactive ketones (excluding diaryl/α,β-unsaturated/α-hetero) is 1. The molecule has 0 fully saturated rings. The zero-order valence-corrected chi connectivity index (χ0v) is 14.5. The summed E-state index contributed by atoms with van der Waals surface area (Å²) < 4.78 is 3.45. The number of para-hydroxylation sites is 2. The summed E-state index contributed by atoms with van der Waals surface area (Å²) in [5.74, 6) is 0.553. The fraction of sp³-hybridized carbons (Fsp3) is 0.0476. The second-order valence-corrected chi connectivity index (χ2v) is 6.39. The lowest BCUT2D eigenvalue weighted by molar-refractivity contribution is 0.101. The van der Waals surface area contributed by atoms with E-state index < -0.39 is 0 Å². The van der Waals surface area contributed by atoms with Crippen molar-refractivity contribution in [3.8, 4) is 5.69 Å². The molecule has 0 amide bonds. The fourth-order valence-electron chi connectivity index (χ4n) is 3.38. The molecule has 0 aliphatic rings. The van der Waals surface area contributed by atoms with E-state index in [2.05, 4.69) is 9.97 Å². The molecule has 0 bridgehead atoms. The molecule has 0 saturated carbocycles. The summed E-state index contributed by atoms with van der Waals surface area (Å²) >= 11 is 0. The fourth-order valence-corrected chi connectivity index (χ4v) is 3.38. The van der Waals surface area contributed by atoms with E-state index >= 15 is 0 Å². The summed E-state index contributed by atoms with van der Waals surface area (Å²) in [6.45, 7) is 1.52. The molecule has 6 nitrogen and oxygen atoms in total. The van der Waals surface area contributed by atoms with Crippen molar-refractivity contribution < 1.29 is 4.79 Å². The topological polar surface area (TPSA) is 69.3 Å². The lowest BCUT2D eigenvalue weighted by Crippen LogP contribution is -2.18. The maximum atomic E-state index is 13.1. The molecule has 27 heavy (non-hydrogen) atoms. The molecule has 0 N–H and O–H groups in total. The summed E-state index contributed by atoms with van der Waals surface area (Å²) in [5.41, 5.74) is 3.64. The Labute approximate surface area is 153 Å². The van der Waals surface area contributed by atoms with Crippen molar-refractivity contribution in [2.75, 3.05) is 0 Å². The van der Waals surface area contributed by atoms with Gasteiger partial charge in [0.15, 0.2) is 5.78 Å². The highest BCUT2D eigenvalue weighted by Gasteiger charge is 2.12. The van der Waals surface area contributed by atoms with Crippen molar-refractivity contribution in [1.29, 1.82) is 0 Å². The summed E-state index contributed by atoms with van der Waals surface area (Å²) in [7, 11) is 0. The second kappa shape index (κ2) is 5.60. The first-order valence-corrected chi connectivity index (χ1v) is 8.52. The van der Waals surface area contributed by atoms with Gasteiger partial charge in [0, 0.05) is 23.6 Å². The molecule has 0 aliphatic heterocycles. The van der Waals surface area contributed by atoms with E-state index in [-0.39, 0.29) is 11.3 Å². The maximum absolute atomic E-state index is 13.1. The largest absolute Gasteiger partial charge is 0.295 e. The van der Waals surface area contributed by atoms with Gasteiger partial charge >= 0.3 is 0 Å². The lowest BCUT2D eigenvalue weighted by Gasteiger charge is -2.09. The van der Waals surface area contributed by atoms with Crippen LogP contribution in [-0.2, 0) is 0 Å². The van der Waals surface area contributed by atoms with Gasteiger partial charge in [0.1, 0.15) is 0 Å². The molecule has 0 saturated heterocycles. The Balaban J connectivity index is 1.78. The maximum Gasteiger partial charge on any atom is 0.266 e. The molecule has 0 atom stereocenters. The van der Waals surface area contributed by atoms with Crippen LogP contribution in [0.2, 0.25) is 0 Å². The molecule has 3 heterocycles. The Morgan fingerprint density at radius 3 is 2.52 bits per heavy atom. The van der Waals surface area contributed by atoms with E-state index in [1.165, 1.54) is 6.92 Å². The Kier molecular flexibility index (Phi) is 3.21. The summed E-state index contributed by atoms with van der Waals surface area (Å²) in [5, 5.41) is 0.504. The number of benzene rings is 2. The standard InChI is InChI=1S/C21H14N4O2/c1-13(26)14-6-8-15(9-7-14)24-11-10-18-16(20(24)27)12-22-21-23-17-4-2-3-5-19(17)25(18)21/h2-12H,1H3. The number of hydrogen-bond donors (Lipinski definition) is 0. The number of imidazole rings is 1. The van der Waals surface area contributed by atoms with E-state index in [0.29, 0.717) is 22.4 Å². The number of fused-ring (bicyclic) bond motifs is 5. The van der Waals surface area contributed by atoms with Crippen LogP contribution >= 0.6 is 0 Å². The number of aromatic nitrogens is 4. The molecule has 6 heteroatoms. The van der Waals surface area contributed by atoms with Gasteiger partial charge in [-0.25, -0.2) is 9.97 Å². The van der Waals surface area contributed by atoms with Gasteiger partial charge in [0.25, 0.3) is 5.56 Å². The monoisotopic (exact) mass is 354 g/mol. The number of hydrogen-bond acceptors (Lipinski definition) is 4. The Morgan fingerprint density at radius 2 is 1.74 bits per heavy atom. The zero-order valence-electron chi connectivity index (χ0n) is 14.5. The van der Waals surface area contributed by atoms with Gasteiger partial charge < -0.3 is 0 Å². The minimum Gasteiger partial charge on any atom is -0.295 e. The Bertz CT molecular complexity index is 1410. The summed E-state index contributed by atoms with van der Waals surface area (Å²) in [4.78, 5) is 33.4. The molecule has 0 unspecified atom stereocenters. The normalized spacial score (nSPS) is 11.4. The number of rotatable bonds is 2. The number of ketones is 1. The second-order valence-electron chi connectivity index (χ2n) is 6.39. The minimum absolute atomic E-state index is 0.00835. The molecule has 0 spiro atoms. The summed E-state index contributed by atoms with van der Waals surface area (Å²) in [6, 6.07) is 16.6. The van der Waals surface area contributed by atoms with Crippen LogP contribution in [-0.4, -0.2) is 24.7 Å².